The Morgan fingerprint density at radius 2 is 2.29 bits per heavy atom. The highest BCUT2D eigenvalue weighted by Crippen LogP contribution is 1.89. The summed E-state index contributed by atoms with van der Waals surface area (Å²) in [5.74, 6) is 0.267. The monoisotopic (exact) mass is 99.1 g/mol. The lowest BCUT2D eigenvalue weighted by Gasteiger charge is -1.90. The van der Waals surface area contributed by atoms with Crippen LogP contribution in [-0.2, 0) is 0 Å². The Bertz CT molecular complexity index is 59.1. The minimum Gasteiger partial charge on any atom is -0.388 e. The molecule has 0 unspecified atom stereocenters. The van der Waals surface area contributed by atoms with Crippen LogP contribution in [0.4, 0.5) is 0 Å². The second-order valence-electron chi connectivity index (χ2n) is 1.48. The summed E-state index contributed by atoms with van der Waals surface area (Å²) in [7, 11) is 0. The molecule has 0 saturated carbocycles. The van der Waals surface area contributed by atoms with Crippen molar-refractivity contribution in [1.82, 2.24) is 0 Å². The summed E-state index contributed by atoms with van der Waals surface area (Å²) in [6, 6.07) is 0. The van der Waals surface area contributed by atoms with Crippen LogP contribution < -0.4 is 5.73 Å². The Labute approximate surface area is 44.2 Å². The molecule has 0 spiro atoms. The maximum Gasteiger partial charge on any atom is 0.0905 e. The van der Waals surface area contributed by atoms with Crippen molar-refractivity contribution in [2.24, 2.45) is 5.73 Å². The van der Waals surface area contributed by atoms with E-state index in [1.165, 1.54) is 0 Å². The van der Waals surface area contributed by atoms with Gasteiger partial charge in [-0.05, 0) is 6.42 Å². The van der Waals surface area contributed by atoms with Crippen molar-refractivity contribution < 1.29 is 0 Å². The van der Waals surface area contributed by atoms with E-state index in [0.29, 0.717) is 6.42 Å². The molecule has 2 nitrogen and oxygen atoms in total. The van der Waals surface area contributed by atoms with Crippen molar-refractivity contribution in [3.05, 3.63) is 6.92 Å². The first-order valence-electron chi connectivity index (χ1n) is 2.39. The molecule has 2 heteroatoms. The lowest BCUT2D eigenvalue weighted by molar-refractivity contribution is 0.882. The first-order valence-corrected chi connectivity index (χ1v) is 2.39. The molecule has 0 aliphatic carbocycles. The fourth-order valence-corrected chi connectivity index (χ4v) is 0.315. The van der Waals surface area contributed by atoms with Gasteiger partial charge in [-0.3, -0.25) is 5.41 Å². The number of rotatable bonds is 3. The van der Waals surface area contributed by atoms with E-state index in [1.807, 2.05) is 0 Å². The van der Waals surface area contributed by atoms with Crippen LogP contribution in [0.25, 0.3) is 0 Å². The molecule has 0 saturated heterocycles. The third-order valence-electron chi connectivity index (χ3n) is 0.696. The van der Waals surface area contributed by atoms with Crippen LogP contribution in [0.1, 0.15) is 19.3 Å². The number of amidine groups is 1. The Hall–Kier alpha value is -0.530. The van der Waals surface area contributed by atoms with Gasteiger partial charge in [-0.1, -0.05) is 13.3 Å². The normalized spacial score (nSPS) is 8.71. The Morgan fingerprint density at radius 1 is 1.71 bits per heavy atom. The maximum atomic E-state index is 6.75. The third kappa shape index (κ3) is 5.47. The highest BCUT2D eigenvalue weighted by atomic mass is 14.7. The summed E-state index contributed by atoms with van der Waals surface area (Å²) in [4.78, 5) is 0. The topological polar surface area (TPSA) is 49.9 Å². The number of hydrogen-bond donors (Lipinski definition) is 2. The highest BCUT2D eigenvalue weighted by Gasteiger charge is 1.83. The van der Waals surface area contributed by atoms with Crippen molar-refractivity contribution >= 4 is 5.84 Å². The average Bonchev–Trinajstić information content (AvgIpc) is 1.61. The molecule has 0 aliphatic heterocycles. The number of unbranched alkanes of at least 4 members (excludes halogenated alkanes) is 1. The molecule has 41 valence electrons. The minimum atomic E-state index is 0.267. The third-order valence-corrected chi connectivity index (χ3v) is 0.696. The van der Waals surface area contributed by atoms with Crippen LogP contribution in [0.5, 0.6) is 0 Å². The first kappa shape index (κ1) is 6.47. The van der Waals surface area contributed by atoms with Crippen LogP contribution in [0.15, 0.2) is 0 Å². The summed E-state index contributed by atoms with van der Waals surface area (Å²) >= 11 is 0. The van der Waals surface area contributed by atoms with Crippen LogP contribution in [0.3, 0.4) is 0 Å². The van der Waals surface area contributed by atoms with Gasteiger partial charge < -0.3 is 5.73 Å². The Balaban J connectivity index is 2.82. The van der Waals surface area contributed by atoms with Gasteiger partial charge >= 0.3 is 0 Å². The average molecular weight is 99.2 g/mol. The smallest absolute Gasteiger partial charge is 0.0905 e. The van der Waals surface area contributed by atoms with E-state index in [1.54, 1.807) is 0 Å². The summed E-state index contributed by atoms with van der Waals surface area (Å²) in [6.07, 6.45) is 2.51. The van der Waals surface area contributed by atoms with Crippen LogP contribution in [0.2, 0.25) is 0 Å². The zero-order chi connectivity index (χ0) is 5.70. The Morgan fingerprint density at radius 3 is 2.43 bits per heavy atom. The standard InChI is InChI=1S/C5H11N2/c1-2-3-4-5(6)7/h1-4H2,(H3,6,7). The molecule has 1 radical (unpaired) electrons. The van der Waals surface area contributed by atoms with Gasteiger partial charge in [-0.25, -0.2) is 0 Å². The molecule has 0 aromatic carbocycles. The highest BCUT2D eigenvalue weighted by molar-refractivity contribution is 5.76. The molecule has 0 fully saturated rings. The first-order chi connectivity index (χ1) is 3.27. The van der Waals surface area contributed by atoms with Gasteiger partial charge in [0.1, 0.15) is 0 Å². The molecule has 0 aliphatic rings. The van der Waals surface area contributed by atoms with E-state index in [0.717, 1.165) is 12.8 Å². The lowest BCUT2D eigenvalue weighted by Crippen LogP contribution is -2.07. The van der Waals surface area contributed by atoms with E-state index in [4.69, 9.17) is 11.1 Å². The van der Waals surface area contributed by atoms with Gasteiger partial charge in [0, 0.05) is 6.42 Å². The maximum absolute atomic E-state index is 6.75. The zero-order valence-corrected chi connectivity index (χ0v) is 4.41. The van der Waals surface area contributed by atoms with Gasteiger partial charge in [-0.2, -0.15) is 0 Å². The predicted octanol–water partition coefficient (Wildman–Crippen LogP) is 0.927. The van der Waals surface area contributed by atoms with E-state index in [2.05, 4.69) is 6.92 Å². The fourth-order valence-electron chi connectivity index (χ4n) is 0.315. The van der Waals surface area contributed by atoms with Crippen molar-refractivity contribution in [2.45, 2.75) is 19.3 Å². The molecule has 0 atom stereocenters. The molecule has 0 rings (SSSR count). The van der Waals surface area contributed by atoms with E-state index in [-0.39, 0.29) is 5.84 Å². The number of nitrogens with one attached hydrogen (secondary N) is 1. The number of hydrogen-bond acceptors (Lipinski definition) is 1. The second-order valence-corrected chi connectivity index (χ2v) is 1.48. The molecule has 0 amide bonds. The number of nitrogens with two attached hydrogens (primary N) is 1. The summed E-state index contributed by atoms with van der Waals surface area (Å²) < 4.78 is 0. The van der Waals surface area contributed by atoms with E-state index < -0.39 is 0 Å². The zero-order valence-electron chi connectivity index (χ0n) is 4.41. The summed E-state index contributed by atoms with van der Waals surface area (Å²) in [6.45, 7) is 3.61. The minimum absolute atomic E-state index is 0.267. The lowest BCUT2D eigenvalue weighted by atomic mass is 10.2. The molecule has 0 aromatic heterocycles. The summed E-state index contributed by atoms with van der Waals surface area (Å²) in [5.41, 5.74) is 5.03. The SMILES string of the molecule is [CH2]CCCC(=N)N. The summed E-state index contributed by atoms with van der Waals surface area (Å²) in [5, 5.41) is 6.75. The van der Waals surface area contributed by atoms with Crippen LogP contribution in [0, 0.1) is 12.3 Å². The van der Waals surface area contributed by atoms with Crippen LogP contribution in [-0.4, -0.2) is 5.84 Å². The molecule has 0 aromatic rings. The van der Waals surface area contributed by atoms with E-state index in [9.17, 15) is 0 Å². The van der Waals surface area contributed by atoms with Crippen molar-refractivity contribution in [3.63, 3.8) is 0 Å². The molecule has 0 heterocycles. The molecule has 3 N–H and O–H groups in total. The largest absolute Gasteiger partial charge is 0.388 e. The fraction of sp³-hybridized carbons (Fsp3) is 0.600. The van der Waals surface area contributed by atoms with E-state index >= 15 is 0 Å². The second kappa shape index (κ2) is 3.65. The quantitative estimate of drug-likeness (QED) is 0.401. The molecule has 7 heavy (non-hydrogen) atoms. The molecule has 0 bridgehead atoms. The van der Waals surface area contributed by atoms with Crippen molar-refractivity contribution in [2.75, 3.05) is 0 Å². The van der Waals surface area contributed by atoms with Gasteiger partial charge in [0.2, 0.25) is 0 Å². The molecular formula is C5H11N2. The molecular weight excluding hydrogens is 88.1 g/mol. The predicted molar refractivity (Wildman–Crippen MR) is 31.1 cm³/mol. The Kier molecular flexibility index (Phi) is 3.38. The van der Waals surface area contributed by atoms with Gasteiger partial charge in [0.05, 0.1) is 5.84 Å². The van der Waals surface area contributed by atoms with Gasteiger partial charge in [0.25, 0.3) is 0 Å². The van der Waals surface area contributed by atoms with Gasteiger partial charge in [0.15, 0.2) is 0 Å². The van der Waals surface area contributed by atoms with Gasteiger partial charge in [-0.15, -0.1) is 0 Å². The van der Waals surface area contributed by atoms with Crippen LogP contribution >= 0.6 is 0 Å². The van der Waals surface area contributed by atoms with Crippen molar-refractivity contribution in [1.29, 1.82) is 5.41 Å². The van der Waals surface area contributed by atoms with Crippen molar-refractivity contribution in [3.8, 4) is 0 Å².